The van der Waals surface area contributed by atoms with Gasteiger partial charge in [0.15, 0.2) is 0 Å². The third kappa shape index (κ3) is 2.87. The molecular weight excluding hydrogens is 404 g/mol. The van der Waals surface area contributed by atoms with E-state index in [-0.39, 0.29) is 28.8 Å². The van der Waals surface area contributed by atoms with Gasteiger partial charge in [-0.05, 0) is 31.2 Å². The number of imide groups is 2. The zero-order chi connectivity index (χ0) is 21.9. The quantitative estimate of drug-likeness (QED) is 0.667. The Bertz CT molecular complexity index is 1080. The Morgan fingerprint density at radius 1 is 0.871 bits per heavy atom. The smallest absolute Gasteiger partial charge is 0.276 e. The lowest BCUT2D eigenvalue weighted by atomic mass is 9.86. The molecule has 3 aliphatic rings. The van der Waals surface area contributed by atoms with E-state index in [1.54, 1.807) is 5.01 Å². The molecule has 1 atom stereocenters. The summed E-state index contributed by atoms with van der Waals surface area (Å²) >= 11 is 0. The van der Waals surface area contributed by atoms with Gasteiger partial charge in [0.25, 0.3) is 23.6 Å². The standard InChI is InChI=1S/C21H20N4O6/c1-11(26)10-22-24-18(27)12-2-4-14-17-15(5-3-13(16(12)17)19(24)28)21(30)25(20(14)29)23-6-8-31-9-7-23/h2-5,11,22,26H,6-10H2,1H3. The number of hydrogen-bond donors (Lipinski definition) is 2. The number of aliphatic hydroxyl groups excluding tert-OH is 1. The number of aliphatic hydroxyl groups is 1. The molecule has 0 aromatic heterocycles. The summed E-state index contributed by atoms with van der Waals surface area (Å²) in [5, 5.41) is 13.8. The maximum atomic E-state index is 13.2. The van der Waals surface area contributed by atoms with Gasteiger partial charge in [-0.15, -0.1) is 0 Å². The van der Waals surface area contributed by atoms with Gasteiger partial charge in [0.2, 0.25) is 0 Å². The van der Waals surface area contributed by atoms with E-state index >= 15 is 0 Å². The lowest BCUT2D eigenvalue weighted by molar-refractivity contribution is -0.0553. The normalized spacial score (nSPS) is 20.1. The van der Waals surface area contributed by atoms with Crippen molar-refractivity contribution in [3.8, 4) is 0 Å². The highest BCUT2D eigenvalue weighted by atomic mass is 16.5. The molecule has 0 saturated carbocycles. The number of nitrogens with one attached hydrogen (secondary N) is 1. The van der Waals surface area contributed by atoms with E-state index in [1.165, 1.54) is 31.2 Å². The molecular formula is C21H20N4O6. The topological polar surface area (TPSA) is 119 Å². The Balaban J connectivity index is 1.64. The molecule has 1 saturated heterocycles. The molecule has 0 bridgehead atoms. The van der Waals surface area contributed by atoms with Gasteiger partial charge in [-0.2, -0.15) is 0 Å². The van der Waals surface area contributed by atoms with E-state index in [4.69, 9.17) is 4.74 Å². The van der Waals surface area contributed by atoms with Crippen LogP contribution in [-0.4, -0.2) is 82.7 Å². The Hall–Kier alpha value is -3.18. The van der Waals surface area contributed by atoms with Gasteiger partial charge in [0, 0.05) is 30.4 Å². The van der Waals surface area contributed by atoms with Crippen LogP contribution < -0.4 is 5.43 Å². The lowest BCUT2D eigenvalue weighted by Crippen LogP contribution is -2.56. The van der Waals surface area contributed by atoms with Crippen LogP contribution in [0, 0.1) is 0 Å². The SMILES string of the molecule is CC(O)CNN1C(=O)c2ccc3c4c(ccc(c24)C1=O)C(=O)N(N1CCOCC1)C3=O. The van der Waals surface area contributed by atoms with Crippen molar-refractivity contribution in [1.29, 1.82) is 0 Å². The first-order valence-corrected chi connectivity index (χ1v) is 10.0. The second-order valence-corrected chi connectivity index (χ2v) is 7.72. The van der Waals surface area contributed by atoms with Crippen LogP contribution >= 0.6 is 0 Å². The monoisotopic (exact) mass is 424 g/mol. The van der Waals surface area contributed by atoms with Gasteiger partial charge in [0.05, 0.1) is 41.6 Å². The molecule has 2 aromatic rings. The van der Waals surface area contributed by atoms with E-state index in [0.717, 1.165) is 10.0 Å². The number of nitrogens with zero attached hydrogens (tertiary/aromatic N) is 3. The molecule has 1 fully saturated rings. The molecule has 3 heterocycles. The van der Waals surface area contributed by atoms with Crippen LogP contribution in [0.3, 0.4) is 0 Å². The van der Waals surface area contributed by atoms with Crippen LogP contribution in [0.5, 0.6) is 0 Å². The summed E-state index contributed by atoms with van der Waals surface area (Å²) in [5.41, 5.74) is 3.63. The average Bonchev–Trinajstić information content (AvgIpc) is 2.76. The molecule has 0 radical (unpaired) electrons. The zero-order valence-electron chi connectivity index (χ0n) is 16.8. The largest absolute Gasteiger partial charge is 0.392 e. The molecule has 10 heteroatoms. The average molecular weight is 424 g/mol. The molecule has 0 aliphatic carbocycles. The molecule has 10 nitrogen and oxygen atoms in total. The number of amides is 4. The molecule has 3 aliphatic heterocycles. The van der Waals surface area contributed by atoms with Crippen molar-refractivity contribution < 1.29 is 29.0 Å². The number of morpholine rings is 1. The van der Waals surface area contributed by atoms with E-state index in [2.05, 4.69) is 5.43 Å². The van der Waals surface area contributed by atoms with E-state index in [9.17, 15) is 24.3 Å². The third-order valence-corrected chi connectivity index (χ3v) is 5.69. The van der Waals surface area contributed by atoms with Gasteiger partial charge in [0.1, 0.15) is 0 Å². The second-order valence-electron chi connectivity index (χ2n) is 7.72. The number of benzene rings is 2. The lowest BCUT2D eigenvalue weighted by Gasteiger charge is -2.38. The third-order valence-electron chi connectivity index (χ3n) is 5.69. The predicted molar refractivity (Wildman–Crippen MR) is 107 cm³/mol. The maximum Gasteiger partial charge on any atom is 0.276 e. The van der Waals surface area contributed by atoms with E-state index < -0.39 is 29.7 Å². The van der Waals surface area contributed by atoms with E-state index in [0.29, 0.717) is 37.1 Å². The summed E-state index contributed by atoms with van der Waals surface area (Å²) < 4.78 is 5.32. The van der Waals surface area contributed by atoms with Crippen molar-refractivity contribution >= 4 is 34.4 Å². The van der Waals surface area contributed by atoms with Crippen molar-refractivity contribution in [3.05, 3.63) is 46.5 Å². The molecule has 0 spiro atoms. The Morgan fingerprint density at radius 3 is 1.77 bits per heavy atom. The number of carbonyl (C=O) groups is 4. The fraction of sp³-hybridized carbons (Fsp3) is 0.333. The molecule has 2 N–H and O–H groups in total. The van der Waals surface area contributed by atoms with Crippen molar-refractivity contribution in [2.45, 2.75) is 13.0 Å². The van der Waals surface area contributed by atoms with Gasteiger partial charge >= 0.3 is 0 Å². The second kappa shape index (κ2) is 7.20. The number of carbonyl (C=O) groups excluding carboxylic acids is 4. The van der Waals surface area contributed by atoms with Crippen LogP contribution in [0.4, 0.5) is 0 Å². The molecule has 5 rings (SSSR count). The maximum absolute atomic E-state index is 13.2. The van der Waals surface area contributed by atoms with Crippen LogP contribution in [0.2, 0.25) is 0 Å². The Labute approximate surface area is 176 Å². The fourth-order valence-corrected chi connectivity index (χ4v) is 4.24. The minimum absolute atomic E-state index is 0.0115. The fourth-order valence-electron chi connectivity index (χ4n) is 4.24. The molecule has 4 amide bonds. The first-order valence-electron chi connectivity index (χ1n) is 10.0. The molecule has 1 unspecified atom stereocenters. The highest BCUT2D eigenvalue weighted by Gasteiger charge is 2.41. The highest BCUT2D eigenvalue weighted by Crippen LogP contribution is 2.37. The van der Waals surface area contributed by atoms with Crippen LogP contribution in [-0.2, 0) is 4.74 Å². The first kappa shape index (κ1) is 19.8. The summed E-state index contributed by atoms with van der Waals surface area (Å²) in [6.45, 7) is 3.19. The van der Waals surface area contributed by atoms with Gasteiger partial charge in [-0.3, -0.25) is 19.2 Å². The summed E-state index contributed by atoms with van der Waals surface area (Å²) in [4.78, 5) is 52.5. The summed E-state index contributed by atoms with van der Waals surface area (Å²) in [6.07, 6.45) is -0.765. The van der Waals surface area contributed by atoms with Crippen molar-refractivity contribution in [3.63, 3.8) is 0 Å². The van der Waals surface area contributed by atoms with Crippen molar-refractivity contribution in [1.82, 2.24) is 20.5 Å². The van der Waals surface area contributed by atoms with Gasteiger partial charge in [-0.25, -0.2) is 20.5 Å². The molecule has 160 valence electrons. The van der Waals surface area contributed by atoms with Crippen LogP contribution in [0.1, 0.15) is 48.4 Å². The minimum atomic E-state index is -0.765. The van der Waals surface area contributed by atoms with Gasteiger partial charge < -0.3 is 9.84 Å². The molecule has 31 heavy (non-hydrogen) atoms. The summed E-state index contributed by atoms with van der Waals surface area (Å²) in [6, 6.07) is 6.05. The van der Waals surface area contributed by atoms with Gasteiger partial charge in [-0.1, -0.05) is 0 Å². The number of hydrogen-bond acceptors (Lipinski definition) is 8. The van der Waals surface area contributed by atoms with Crippen molar-refractivity contribution in [2.24, 2.45) is 0 Å². The molecule has 2 aromatic carbocycles. The Morgan fingerprint density at radius 2 is 1.32 bits per heavy atom. The number of ether oxygens (including phenoxy) is 1. The van der Waals surface area contributed by atoms with Crippen molar-refractivity contribution in [2.75, 3.05) is 32.8 Å². The highest BCUT2D eigenvalue weighted by molar-refractivity contribution is 6.33. The van der Waals surface area contributed by atoms with Crippen LogP contribution in [0.15, 0.2) is 24.3 Å². The van der Waals surface area contributed by atoms with Crippen LogP contribution in [0.25, 0.3) is 10.8 Å². The number of rotatable bonds is 4. The van der Waals surface area contributed by atoms with E-state index in [1.807, 2.05) is 0 Å². The first-order chi connectivity index (χ1) is 14.9. The number of hydrazine groups is 2. The summed E-state index contributed by atoms with van der Waals surface area (Å²) in [7, 11) is 0. The minimum Gasteiger partial charge on any atom is -0.392 e. The summed E-state index contributed by atoms with van der Waals surface area (Å²) in [5.74, 6) is -2.18. The predicted octanol–water partition coefficient (Wildman–Crippen LogP) is 0.164. The zero-order valence-corrected chi connectivity index (χ0v) is 16.8. The Kier molecular flexibility index (Phi) is 4.59.